The van der Waals surface area contributed by atoms with Gasteiger partial charge in [0, 0.05) is 23.7 Å². The smallest absolute Gasteiger partial charge is 0.263 e. The van der Waals surface area contributed by atoms with E-state index in [9.17, 15) is 4.79 Å². The van der Waals surface area contributed by atoms with Crippen molar-refractivity contribution in [2.24, 2.45) is 0 Å². The van der Waals surface area contributed by atoms with Crippen molar-refractivity contribution in [2.45, 2.75) is 20.0 Å². The van der Waals surface area contributed by atoms with Gasteiger partial charge in [-0.25, -0.2) is 4.98 Å². The third-order valence-electron chi connectivity index (χ3n) is 4.05. The molecule has 1 amide bonds. The van der Waals surface area contributed by atoms with Crippen molar-refractivity contribution in [1.82, 2.24) is 15.2 Å². The fourth-order valence-corrected chi connectivity index (χ4v) is 3.91. The molecule has 1 heterocycles. The van der Waals surface area contributed by atoms with Crippen LogP contribution in [0, 0.1) is 6.92 Å². The largest absolute Gasteiger partial charge is 0.347 e. The quantitative estimate of drug-likeness (QED) is 0.649. The van der Waals surface area contributed by atoms with Gasteiger partial charge in [-0.15, -0.1) is 11.3 Å². The van der Waals surface area contributed by atoms with Crippen LogP contribution in [-0.4, -0.2) is 29.9 Å². The first-order valence-corrected chi connectivity index (χ1v) is 9.86. The molecule has 0 aliphatic carbocycles. The lowest BCUT2D eigenvalue weighted by atomic mass is 10.1. The number of hydrogen-bond donors (Lipinski definition) is 1. The van der Waals surface area contributed by atoms with Crippen molar-refractivity contribution in [1.29, 1.82) is 0 Å². The van der Waals surface area contributed by atoms with Gasteiger partial charge in [-0.3, -0.25) is 4.79 Å². The van der Waals surface area contributed by atoms with E-state index in [1.807, 2.05) is 45.3 Å². The molecule has 0 radical (unpaired) electrons. The second-order valence-electron chi connectivity index (χ2n) is 6.68. The molecule has 2 aromatic carbocycles. The Bertz CT molecular complexity index is 935. The Labute approximate surface area is 168 Å². The molecule has 0 bridgehead atoms. The second kappa shape index (κ2) is 8.65. The molecule has 6 heteroatoms. The lowest BCUT2D eigenvalue weighted by molar-refractivity contribution is 0.0954. The first-order valence-electron chi connectivity index (χ1n) is 8.66. The zero-order valence-electron chi connectivity index (χ0n) is 15.6. The molecule has 0 fully saturated rings. The van der Waals surface area contributed by atoms with Crippen LogP contribution in [0.5, 0.6) is 0 Å². The fourth-order valence-electron chi connectivity index (χ4n) is 2.74. The second-order valence-corrected chi connectivity index (χ2v) is 8.12. The van der Waals surface area contributed by atoms with Crippen molar-refractivity contribution in [3.8, 4) is 10.6 Å². The zero-order chi connectivity index (χ0) is 19.4. The first-order chi connectivity index (χ1) is 12.9. The van der Waals surface area contributed by atoms with Crippen LogP contribution in [0.3, 0.4) is 0 Å². The fraction of sp³-hybridized carbons (Fsp3) is 0.238. The number of carbonyl (C=O) groups excluding carboxylic acids is 1. The summed E-state index contributed by atoms with van der Waals surface area (Å²) in [6.07, 6.45) is 0. The van der Waals surface area contributed by atoms with Gasteiger partial charge >= 0.3 is 0 Å². The maximum absolute atomic E-state index is 12.6. The standard InChI is InChI=1S/C21H22ClN3OS/c1-14-19(27-21(24-14)17-5-4-6-18(22)11-17)20(26)23-12-15-7-9-16(10-8-15)13-25(2)3/h4-11H,12-13H2,1-3H3,(H,23,26). The van der Waals surface area contributed by atoms with Crippen molar-refractivity contribution in [3.63, 3.8) is 0 Å². The van der Waals surface area contributed by atoms with Crippen LogP contribution in [0.4, 0.5) is 0 Å². The minimum absolute atomic E-state index is 0.101. The van der Waals surface area contributed by atoms with Crippen molar-refractivity contribution in [2.75, 3.05) is 14.1 Å². The highest BCUT2D eigenvalue weighted by Crippen LogP contribution is 2.29. The monoisotopic (exact) mass is 399 g/mol. The van der Waals surface area contributed by atoms with E-state index in [1.165, 1.54) is 16.9 Å². The average Bonchev–Trinajstić information content (AvgIpc) is 3.02. The van der Waals surface area contributed by atoms with Gasteiger partial charge in [0.2, 0.25) is 0 Å². The third kappa shape index (κ3) is 5.16. The number of rotatable bonds is 6. The van der Waals surface area contributed by atoms with Crippen molar-refractivity contribution in [3.05, 3.63) is 75.3 Å². The van der Waals surface area contributed by atoms with E-state index in [0.29, 0.717) is 16.4 Å². The molecule has 0 aliphatic rings. The van der Waals surface area contributed by atoms with Crippen LogP contribution >= 0.6 is 22.9 Å². The number of nitrogens with zero attached hydrogens (tertiary/aromatic N) is 2. The number of thiazole rings is 1. The normalized spacial score (nSPS) is 11.0. The molecule has 140 valence electrons. The molecule has 0 aliphatic heterocycles. The summed E-state index contributed by atoms with van der Waals surface area (Å²) in [6.45, 7) is 3.25. The summed E-state index contributed by atoms with van der Waals surface area (Å²) >= 11 is 7.44. The zero-order valence-corrected chi connectivity index (χ0v) is 17.2. The molecule has 0 atom stereocenters. The number of nitrogens with one attached hydrogen (secondary N) is 1. The van der Waals surface area contributed by atoms with E-state index in [1.54, 1.807) is 0 Å². The first kappa shape index (κ1) is 19.5. The SMILES string of the molecule is Cc1nc(-c2cccc(Cl)c2)sc1C(=O)NCc1ccc(CN(C)C)cc1. The predicted octanol–water partition coefficient (Wildman–Crippen LogP) is 4.76. The van der Waals surface area contributed by atoms with E-state index >= 15 is 0 Å². The highest BCUT2D eigenvalue weighted by molar-refractivity contribution is 7.17. The highest BCUT2D eigenvalue weighted by atomic mass is 35.5. The van der Waals surface area contributed by atoms with Gasteiger partial charge in [-0.1, -0.05) is 48.0 Å². The summed E-state index contributed by atoms with van der Waals surface area (Å²) in [5, 5.41) is 4.44. The van der Waals surface area contributed by atoms with Crippen LogP contribution in [0.1, 0.15) is 26.5 Å². The lowest BCUT2D eigenvalue weighted by Gasteiger charge is -2.10. The number of halogens is 1. The predicted molar refractivity (Wildman–Crippen MR) is 112 cm³/mol. The molecule has 3 aromatic rings. The molecule has 0 spiro atoms. The minimum atomic E-state index is -0.101. The van der Waals surface area contributed by atoms with E-state index in [4.69, 9.17) is 11.6 Å². The molecule has 1 aromatic heterocycles. The van der Waals surface area contributed by atoms with Crippen LogP contribution in [0.25, 0.3) is 10.6 Å². The van der Waals surface area contributed by atoms with E-state index < -0.39 is 0 Å². The van der Waals surface area contributed by atoms with Crippen LogP contribution < -0.4 is 5.32 Å². The number of hydrogen-bond acceptors (Lipinski definition) is 4. The summed E-state index contributed by atoms with van der Waals surface area (Å²) in [6, 6.07) is 15.8. The van der Waals surface area contributed by atoms with Gasteiger partial charge in [-0.2, -0.15) is 0 Å². The highest BCUT2D eigenvalue weighted by Gasteiger charge is 2.16. The Kier molecular flexibility index (Phi) is 6.26. The Morgan fingerprint density at radius 3 is 2.52 bits per heavy atom. The minimum Gasteiger partial charge on any atom is -0.347 e. The van der Waals surface area contributed by atoms with Gasteiger partial charge < -0.3 is 10.2 Å². The molecular weight excluding hydrogens is 378 g/mol. The van der Waals surface area contributed by atoms with Gasteiger partial charge in [-0.05, 0) is 44.3 Å². The van der Waals surface area contributed by atoms with Crippen molar-refractivity contribution >= 4 is 28.8 Å². The Hall–Kier alpha value is -2.21. The maximum atomic E-state index is 12.6. The van der Waals surface area contributed by atoms with Gasteiger partial charge in [0.15, 0.2) is 0 Å². The topological polar surface area (TPSA) is 45.2 Å². The number of aryl methyl sites for hydroxylation is 1. The number of carbonyl (C=O) groups is 1. The van der Waals surface area contributed by atoms with E-state index in [-0.39, 0.29) is 5.91 Å². The van der Waals surface area contributed by atoms with Crippen LogP contribution in [0.15, 0.2) is 48.5 Å². The van der Waals surface area contributed by atoms with Crippen LogP contribution in [-0.2, 0) is 13.1 Å². The summed E-state index contributed by atoms with van der Waals surface area (Å²) in [7, 11) is 4.09. The Morgan fingerprint density at radius 1 is 1.15 bits per heavy atom. The van der Waals surface area contributed by atoms with Gasteiger partial charge in [0.1, 0.15) is 9.88 Å². The summed E-state index contributed by atoms with van der Waals surface area (Å²) < 4.78 is 0. The molecule has 1 N–H and O–H groups in total. The molecule has 27 heavy (non-hydrogen) atoms. The summed E-state index contributed by atoms with van der Waals surface area (Å²) in [5.74, 6) is -0.101. The molecule has 0 saturated carbocycles. The van der Waals surface area contributed by atoms with E-state index in [0.717, 1.165) is 28.4 Å². The maximum Gasteiger partial charge on any atom is 0.263 e. The number of amides is 1. The van der Waals surface area contributed by atoms with Gasteiger partial charge in [0.25, 0.3) is 5.91 Å². The molecule has 0 saturated heterocycles. The molecule has 3 rings (SSSR count). The summed E-state index contributed by atoms with van der Waals surface area (Å²) in [5.41, 5.74) is 3.97. The lowest BCUT2D eigenvalue weighted by Crippen LogP contribution is -2.22. The third-order valence-corrected chi connectivity index (χ3v) is 5.49. The molecular formula is C21H22ClN3OS. The van der Waals surface area contributed by atoms with E-state index in [2.05, 4.69) is 39.5 Å². The molecule has 0 unspecified atom stereocenters. The average molecular weight is 400 g/mol. The Morgan fingerprint density at radius 2 is 1.85 bits per heavy atom. The molecule has 4 nitrogen and oxygen atoms in total. The van der Waals surface area contributed by atoms with Crippen LogP contribution in [0.2, 0.25) is 5.02 Å². The Balaban J connectivity index is 1.66. The van der Waals surface area contributed by atoms with Crippen molar-refractivity contribution < 1.29 is 4.79 Å². The number of aromatic nitrogens is 1. The number of benzene rings is 2. The summed E-state index contributed by atoms with van der Waals surface area (Å²) in [4.78, 5) is 19.9. The van der Waals surface area contributed by atoms with Gasteiger partial charge in [0.05, 0.1) is 5.69 Å².